The van der Waals surface area contributed by atoms with E-state index in [2.05, 4.69) is 15.6 Å². The minimum absolute atomic E-state index is 0.0222. The van der Waals surface area contributed by atoms with E-state index in [1.807, 2.05) is 79.7 Å². The largest absolute Gasteiger partial charge is 0.484 e. The van der Waals surface area contributed by atoms with Crippen molar-refractivity contribution in [2.24, 2.45) is 10.7 Å². The number of aliphatic imine (C=N–C) groups is 1. The molecule has 0 radical (unpaired) electrons. The first-order chi connectivity index (χ1) is 15.1. The number of hydrogen-bond donors (Lipinski definition) is 3. The number of para-hydroxylation sites is 1. The van der Waals surface area contributed by atoms with Crippen LogP contribution in [0.4, 0.5) is 5.69 Å². The van der Waals surface area contributed by atoms with Gasteiger partial charge in [-0.2, -0.15) is 0 Å². The summed E-state index contributed by atoms with van der Waals surface area (Å²) >= 11 is 0. The van der Waals surface area contributed by atoms with Crippen molar-refractivity contribution in [2.75, 3.05) is 18.5 Å². The molecule has 3 aromatic rings. The van der Waals surface area contributed by atoms with Crippen LogP contribution in [0.15, 0.2) is 83.9 Å². The normalized spacial score (nSPS) is 10.9. The molecule has 4 N–H and O–H groups in total. The number of ether oxygens (including phenoxy) is 2. The molecule has 7 nitrogen and oxygen atoms in total. The van der Waals surface area contributed by atoms with Gasteiger partial charge in [-0.25, -0.2) is 4.99 Å². The van der Waals surface area contributed by atoms with Gasteiger partial charge >= 0.3 is 0 Å². The zero-order chi connectivity index (χ0) is 21.9. The van der Waals surface area contributed by atoms with Crippen LogP contribution < -0.4 is 25.8 Å². The molecular formula is C24H26N4O3. The SMILES string of the molecule is CCNC(=O)COc1cccc(CN=C(N)Nc2cccc(Oc3ccccc3)c2)c1. The van der Waals surface area contributed by atoms with Crippen molar-refractivity contribution in [3.63, 3.8) is 0 Å². The Bertz CT molecular complexity index is 1020. The fraction of sp³-hybridized carbons (Fsp3) is 0.167. The standard InChI is InChI=1S/C24H26N4O3/c1-2-26-23(29)17-30-21-12-6-8-18(14-21)16-27-24(25)28-19-9-7-13-22(15-19)31-20-10-4-3-5-11-20/h3-15H,2,16-17H2,1H3,(H,26,29)(H3,25,27,28). The first kappa shape index (κ1) is 21.7. The number of nitrogens with one attached hydrogen (secondary N) is 2. The van der Waals surface area contributed by atoms with Crippen molar-refractivity contribution < 1.29 is 14.3 Å². The molecule has 0 spiro atoms. The number of guanidine groups is 1. The molecule has 160 valence electrons. The zero-order valence-corrected chi connectivity index (χ0v) is 17.4. The Kier molecular flexibility index (Phi) is 7.88. The van der Waals surface area contributed by atoms with Crippen molar-refractivity contribution in [2.45, 2.75) is 13.5 Å². The predicted octanol–water partition coefficient (Wildman–Crippen LogP) is 3.92. The maximum atomic E-state index is 11.5. The molecule has 0 aliphatic heterocycles. The molecule has 0 unspecified atom stereocenters. The Hall–Kier alpha value is -4.00. The number of nitrogens with two attached hydrogens (primary N) is 1. The number of carbonyl (C=O) groups is 1. The topological polar surface area (TPSA) is 98.0 Å². The number of anilines is 1. The molecule has 0 aromatic heterocycles. The molecule has 0 aliphatic rings. The summed E-state index contributed by atoms with van der Waals surface area (Å²) in [7, 11) is 0. The molecule has 31 heavy (non-hydrogen) atoms. The lowest BCUT2D eigenvalue weighted by atomic mass is 10.2. The van der Waals surface area contributed by atoms with Gasteiger partial charge in [-0.1, -0.05) is 36.4 Å². The number of amides is 1. The fourth-order valence-electron chi connectivity index (χ4n) is 2.76. The number of nitrogens with zero attached hydrogens (tertiary/aromatic N) is 1. The summed E-state index contributed by atoms with van der Waals surface area (Å²) in [6, 6.07) is 24.5. The van der Waals surface area contributed by atoms with Crippen LogP contribution in [0.1, 0.15) is 12.5 Å². The summed E-state index contributed by atoms with van der Waals surface area (Å²) in [5.74, 6) is 2.19. The van der Waals surface area contributed by atoms with Crippen LogP contribution in [-0.4, -0.2) is 25.0 Å². The summed E-state index contributed by atoms with van der Waals surface area (Å²) in [6.45, 7) is 2.79. The number of hydrogen-bond acceptors (Lipinski definition) is 4. The van der Waals surface area contributed by atoms with Gasteiger partial charge in [-0.3, -0.25) is 4.79 Å². The first-order valence-corrected chi connectivity index (χ1v) is 10.0. The van der Waals surface area contributed by atoms with Gasteiger partial charge in [-0.05, 0) is 48.9 Å². The highest BCUT2D eigenvalue weighted by Crippen LogP contribution is 2.23. The zero-order valence-electron chi connectivity index (χ0n) is 17.4. The van der Waals surface area contributed by atoms with E-state index in [9.17, 15) is 4.79 Å². The van der Waals surface area contributed by atoms with Crippen LogP contribution in [0.3, 0.4) is 0 Å². The van der Waals surface area contributed by atoms with Crippen molar-refractivity contribution in [3.8, 4) is 17.2 Å². The Morgan fingerprint density at radius 2 is 1.68 bits per heavy atom. The summed E-state index contributed by atoms with van der Waals surface area (Å²) in [6.07, 6.45) is 0. The van der Waals surface area contributed by atoms with Gasteiger partial charge in [0, 0.05) is 18.3 Å². The molecular weight excluding hydrogens is 392 g/mol. The lowest BCUT2D eigenvalue weighted by Crippen LogP contribution is -2.28. The summed E-state index contributed by atoms with van der Waals surface area (Å²) in [5.41, 5.74) is 7.73. The lowest BCUT2D eigenvalue weighted by Gasteiger charge is -2.10. The Labute approximate surface area is 181 Å². The molecule has 3 rings (SSSR count). The summed E-state index contributed by atoms with van der Waals surface area (Å²) in [5, 5.41) is 5.76. The van der Waals surface area contributed by atoms with Crippen LogP contribution in [0, 0.1) is 0 Å². The Balaban J connectivity index is 1.56. The van der Waals surface area contributed by atoms with Gasteiger partial charge in [0.1, 0.15) is 17.2 Å². The van der Waals surface area contributed by atoms with E-state index in [1.165, 1.54) is 0 Å². The molecule has 7 heteroatoms. The van der Waals surface area contributed by atoms with Crippen LogP contribution in [0.25, 0.3) is 0 Å². The van der Waals surface area contributed by atoms with E-state index >= 15 is 0 Å². The fourth-order valence-corrected chi connectivity index (χ4v) is 2.76. The van der Waals surface area contributed by atoms with E-state index in [0.717, 1.165) is 17.0 Å². The third kappa shape index (κ3) is 7.40. The third-order valence-electron chi connectivity index (χ3n) is 4.16. The van der Waals surface area contributed by atoms with Gasteiger partial charge in [0.05, 0.1) is 6.54 Å². The molecule has 3 aromatic carbocycles. The highest BCUT2D eigenvalue weighted by Gasteiger charge is 2.03. The molecule has 0 saturated heterocycles. The van der Waals surface area contributed by atoms with Crippen molar-refractivity contribution in [3.05, 3.63) is 84.4 Å². The molecule has 0 aliphatic carbocycles. The maximum Gasteiger partial charge on any atom is 0.257 e. The minimum Gasteiger partial charge on any atom is -0.484 e. The molecule has 0 saturated carbocycles. The first-order valence-electron chi connectivity index (χ1n) is 10.0. The lowest BCUT2D eigenvalue weighted by molar-refractivity contribution is -0.122. The number of carbonyl (C=O) groups excluding carboxylic acids is 1. The van der Waals surface area contributed by atoms with E-state index < -0.39 is 0 Å². The highest BCUT2D eigenvalue weighted by molar-refractivity contribution is 5.92. The quantitative estimate of drug-likeness (QED) is 0.361. The van der Waals surface area contributed by atoms with Crippen molar-refractivity contribution in [1.82, 2.24) is 5.32 Å². The van der Waals surface area contributed by atoms with Gasteiger partial charge in [-0.15, -0.1) is 0 Å². The van der Waals surface area contributed by atoms with Crippen LogP contribution >= 0.6 is 0 Å². The van der Waals surface area contributed by atoms with Crippen molar-refractivity contribution in [1.29, 1.82) is 0 Å². The predicted molar refractivity (Wildman–Crippen MR) is 123 cm³/mol. The summed E-state index contributed by atoms with van der Waals surface area (Å²) in [4.78, 5) is 15.9. The second kappa shape index (κ2) is 11.3. The highest BCUT2D eigenvalue weighted by atomic mass is 16.5. The average Bonchev–Trinajstić information content (AvgIpc) is 2.78. The van der Waals surface area contributed by atoms with Crippen LogP contribution in [0.2, 0.25) is 0 Å². The molecule has 0 bridgehead atoms. The molecule has 0 atom stereocenters. The van der Waals surface area contributed by atoms with E-state index in [0.29, 0.717) is 24.6 Å². The monoisotopic (exact) mass is 418 g/mol. The smallest absolute Gasteiger partial charge is 0.257 e. The summed E-state index contributed by atoms with van der Waals surface area (Å²) < 4.78 is 11.3. The maximum absolute atomic E-state index is 11.5. The third-order valence-corrected chi connectivity index (χ3v) is 4.16. The minimum atomic E-state index is -0.155. The van der Waals surface area contributed by atoms with Crippen LogP contribution in [-0.2, 0) is 11.3 Å². The van der Waals surface area contributed by atoms with Crippen LogP contribution in [0.5, 0.6) is 17.2 Å². The van der Waals surface area contributed by atoms with Gasteiger partial charge in [0.25, 0.3) is 5.91 Å². The molecule has 0 heterocycles. The number of likely N-dealkylation sites (N-methyl/N-ethyl adjacent to an activating group) is 1. The van der Waals surface area contributed by atoms with Gasteiger partial charge in [0.2, 0.25) is 0 Å². The second-order valence-corrected chi connectivity index (χ2v) is 6.66. The Morgan fingerprint density at radius 1 is 0.935 bits per heavy atom. The van der Waals surface area contributed by atoms with Gasteiger partial charge < -0.3 is 25.8 Å². The van der Waals surface area contributed by atoms with Crippen molar-refractivity contribution >= 4 is 17.6 Å². The van der Waals surface area contributed by atoms with E-state index in [4.69, 9.17) is 15.2 Å². The molecule has 0 fully saturated rings. The van der Waals surface area contributed by atoms with Gasteiger partial charge in [0.15, 0.2) is 12.6 Å². The number of rotatable bonds is 9. The Morgan fingerprint density at radius 3 is 2.48 bits per heavy atom. The van der Waals surface area contributed by atoms with E-state index in [-0.39, 0.29) is 18.5 Å². The molecule has 1 amide bonds. The second-order valence-electron chi connectivity index (χ2n) is 6.66. The van der Waals surface area contributed by atoms with E-state index in [1.54, 1.807) is 6.07 Å². The average molecular weight is 418 g/mol. The number of benzene rings is 3.